The van der Waals surface area contributed by atoms with E-state index in [1.54, 1.807) is 24.3 Å². The van der Waals surface area contributed by atoms with Crippen LogP contribution in [0.5, 0.6) is 0 Å². The monoisotopic (exact) mass is 340 g/mol. The molecule has 25 heavy (non-hydrogen) atoms. The van der Waals surface area contributed by atoms with Gasteiger partial charge in [-0.05, 0) is 12.1 Å². The van der Waals surface area contributed by atoms with Crippen LogP contribution in [0.15, 0.2) is 48.5 Å². The lowest BCUT2D eigenvalue weighted by molar-refractivity contribution is -0.384. The van der Waals surface area contributed by atoms with Crippen LogP contribution in [0.3, 0.4) is 0 Å². The van der Waals surface area contributed by atoms with E-state index >= 15 is 0 Å². The number of fused-ring (bicyclic) bond motifs is 1. The van der Waals surface area contributed by atoms with Gasteiger partial charge in [-0.2, -0.15) is 0 Å². The number of nitrogens with zero attached hydrogens (tertiary/aromatic N) is 4. The Labute approximate surface area is 141 Å². The van der Waals surface area contributed by atoms with Crippen molar-refractivity contribution >= 4 is 28.5 Å². The summed E-state index contributed by atoms with van der Waals surface area (Å²) in [6.45, 7) is -0.699. The summed E-state index contributed by atoms with van der Waals surface area (Å²) >= 11 is 0. The number of aromatic nitrogens is 3. The first-order valence-corrected chi connectivity index (χ1v) is 7.26. The van der Waals surface area contributed by atoms with Crippen molar-refractivity contribution in [3.63, 3.8) is 0 Å². The van der Waals surface area contributed by atoms with Crippen molar-refractivity contribution in [1.82, 2.24) is 15.0 Å². The average Bonchev–Trinajstić information content (AvgIpc) is 3.03. The van der Waals surface area contributed by atoms with Crippen molar-refractivity contribution in [1.29, 1.82) is 0 Å². The lowest BCUT2D eigenvalue weighted by atomic mass is 10.1. The van der Waals surface area contributed by atoms with E-state index in [2.05, 4.69) is 10.3 Å². The SMILES string of the molecule is O=C(Cn1nnc2ccccc21)OCC(=O)c1cccc([N+](=O)[O-])c1. The van der Waals surface area contributed by atoms with E-state index in [1.165, 1.54) is 22.9 Å². The minimum absolute atomic E-state index is 0.105. The number of non-ortho nitro benzene ring substituents is 1. The Kier molecular flexibility index (Phi) is 4.46. The third-order valence-electron chi connectivity index (χ3n) is 3.44. The van der Waals surface area contributed by atoms with Crippen LogP contribution in [-0.4, -0.2) is 38.3 Å². The molecule has 0 radical (unpaired) electrons. The van der Waals surface area contributed by atoms with E-state index in [0.29, 0.717) is 11.0 Å². The summed E-state index contributed by atoms with van der Waals surface area (Å²) in [7, 11) is 0. The van der Waals surface area contributed by atoms with Gasteiger partial charge in [0.15, 0.2) is 6.61 Å². The standard InChI is InChI=1S/C16H12N4O5/c21-15(11-4-3-5-12(8-11)20(23)24)10-25-16(22)9-19-14-7-2-1-6-13(14)17-18-19/h1-8H,9-10H2. The van der Waals surface area contributed by atoms with Crippen molar-refractivity contribution in [2.45, 2.75) is 6.54 Å². The number of carbonyl (C=O) groups excluding carboxylic acids is 2. The summed E-state index contributed by atoms with van der Waals surface area (Å²) in [6, 6.07) is 12.4. The van der Waals surface area contributed by atoms with E-state index in [9.17, 15) is 19.7 Å². The summed E-state index contributed by atoms with van der Waals surface area (Å²) in [6.07, 6.45) is 0. The lowest BCUT2D eigenvalue weighted by Crippen LogP contribution is -2.19. The summed E-state index contributed by atoms with van der Waals surface area (Å²) in [5.41, 5.74) is 1.21. The van der Waals surface area contributed by atoms with E-state index in [1.807, 2.05) is 0 Å². The molecule has 0 N–H and O–H groups in total. The zero-order chi connectivity index (χ0) is 17.8. The van der Waals surface area contributed by atoms with Gasteiger partial charge in [0.05, 0.1) is 10.4 Å². The lowest BCUT2D eigenvalue weighted by Gasteiger charge is -2.05. The number of Topliss-reactive ketones (excluding diaryl/α,β-unsaturated/α-hetero) is 1. The fraction of sp³-hybridized carbons (Fsp3) is 0.125. The number of nitro groups is 1. The number of benzene rings is 2. The maximum atomic E-state index is 12.0. The minimum atomic E-state index is -0.658. The Morgan fingerprint density at radius 2 is 1.96 bits per heavy atom. The molecule has 126 valence electrons. The van der Waals surface area contributed by atoms with Gasteiger partial charge < -0.3 is 4.74 Å². The topological polar surface area (TPSA) is 117 Å². The van der Waals surface area contributed by atoms with Crippen molar-refractivity contribution < 1.29 is 19.2 Å². The van der Waals surface area contributed by atoms with Crippen LogP contribution >= 0.6 is 0 Å². The second kappa shape index (κ2) is 6.87. The molecule has 0 spiro atoms. The molecular weight excluding hydrogens is 328 g/mol. The Morgan fingerprint density at radius 1 is 1.16 bits per heavy atom. The van der Waals surface area contributed by atoms with Gasteiger partial charge in [0.1, 0.15) is 12.1 Å². The van der Waals surface area contributed by atoms with Gasteiger partial charge in [0, 0.05) is 17.7 Å². The second-order valence-electron chi connectivity index (χ2n) is 5.13. The Morgan fingerprint density at radius 3 is 2.76 bits per heavy atom. The quantitative estimate of drug-likeness (QED) is 0.290. The normalized spacial score (nSPS) is 10.6. The van der Waals surface area contributed by atoms with Crippen LogP contribution in [-0.2, 0) is 16.1 Å². The molecule has 0 fully saturated rings. The zero-order valence-electron chi connectivity index (χ0n) is 12.9. The number of ketones is 1. The van der Waals surface area contributed by atoms with E-state index in [4.69, 9.17) is 4.74 Å². The Bertz CT molecular complexity index is 966. The third kappa shape index (κ3) is 3.66. The third-order valence-corrected chi connectivity index (χ3v) is 3.44. The molecule has 0 aliphatic heterocycles. The van der Waals surface area contributed by atoms with Crippen molar-refractivity contribution in [3.8, 4) is 0 Å². The maximum absolute atomic E-state index is 12.0. The number of para-hydroxylation sites is 1. The van der Waals surface area contributed by atoms with E-state index in [0.717, 1.165) is 6.07 Å². The highest BCUT2D eigenvalue weighted by atomic mass is 16.6. The van der Waals surface area contributed by atoms with Crippen LogP contribution in [0, 0.1) is 10.1 Å². The summed E-state index contributed by atoms with van der Waals surface area (Å²) in [4.78, 5) is 34.0. The fourth-order valence-corrected chi connectivity index (χ4v) is 2.22. The highest BCUT2D eigenvalue weighted by molar-refractivity contribution is 5.98. The predicted octanol–water partition coefficient (Wildman–Crippen LogP) is 1.77. The minimum Gasteiger partial charge on any atom is -0.456 e. The van der Waals surface area contributed by atoms with E-state index in [-0.39, 0.29) is 17.8 Å². The largest absolute Gasteiger partial charge is 0.456 e. The van der Waals surface area contributed by atoms with Crippen LogP contribution in [0.4, 0.5) is 5.69 Å². The summed E-state index contributed by atoms with van der Waals surface area (Å²) in [5, 5.41) is 18.5. The maximum Gasteiger partial charge on any atom is 0.328 e. The van der Waals surface area contributed by atoms with Crippen LogP contribution < -0.4 is 0 Å². The first kappa shape index (κ1) is 16.2. The van der Waals surface area contributed by atoms with Gasteiger partial charge in [-0.25, -0.2) is 4.68 Å². The molecule has 1 heterocycles. The van der Waals surface area contributed by atoms with Crippen molar-refractivity contribution in [2.75, 3.05) is 6.61 Å². The molecule has 3 rings (SSSR count). The number of esters is 1. The highest BCUT2D eigenvalue weighted by Crippen LogP contribution is 2.14. The molecule has 2 aromatic carbocycles. The Hall–Kier alpha value is -3.62. The number of nitro benzene ring substituents is 1. The van der Waals surface area contributed by atoms with Crippen LogP contribution in [0.25, 0.3) is 11.0 Å². The molecule has 0 atom stereocenters. The smallest absolute Gasteiger partial charge is 0.328 e. The zero-order valence-corrected chi connectivity index (χ0v) is 12.9. The molecule has 0 amide bonds. The molecule has 0 unspecified atom stereocenters. The van der Waals surface area contributed by atoms with Crippen LogP contribution in [0.1, 0.15) is 10.4 Å². The van der Waals surface area contributed by atoms with Gasteiger partial charge in [-0.3, -0.25) is 19.7 Å². The van der Waals surface area contributed by atoms with Crippen molar-refractivity contribution in [2.24, 2.45) is 0 Å². The average molecular weight is 340 g/mol. The second-order valence-corrected chi connectivity index (χ2v) is 5.13. The molecule has 3 aromatic rings. The highest BCUT2D eigenvalue weighted by Gasteiger charge is 2.15. The molecular formula is C16H12N4O5. The fourth-order valence-electron chi connectivity index (χ4n) is 2.22. The first-order chi connectivity index (χ1) is 12.0. The predicted molar refractivity (Wildman–Crippen MR) is 85.9 cm³/mol. The van der Waals surface area contributed by atoms with Gasteiger partial charge in [0.25, 0.3) is 5.69 Å². The molecule has 1 aromatic heterocycles. The number of carbonyl (C=O) groups is 2. The Balaban J connectivity index is 1.61. The van der Waals surface area contributed by atoms with Crippen molar-refractivity contribution in [3.05, 3.63) is 64.2 Å². The number of hydrogen-bond acceptors (Lipinski definition) is 7. The van der Waals surface area contributed by atoms with Crippen LogP contribution in [0.2, 0.25) is 0 Å². The molecule has 9 nitrogen and oxygen atoms in total. The van der Waals surface area contributed by atoms with E-state index < -0.39 is 23.3 Å². The first-order valence-electron chi connectivity index (χ1n) is 7.26. The summed E-state index contributed by atoms with van der Waals surface area (Å²) in [5.74, 6) is -1.19. The molecule has 0 aliphatic rings. The molecule has 0 aliphatic carbocycles. The van der Waals surface area contributed by atoms with Gasteiger partial charge in [-0.15, -0.1) is 5.10 Å². The number of ether oxygens (including phenoxy) is 1. The molecule has 0 bridgehead atoms. The molecule has 0 saturated heterocycles. The number of hydrogen-bond donors (Lipinski definition) is 0. The van der Waals surface area contributed by atoms with Gasteiger partial charge in [0.2, 0.25) is 5.78 Å². The molecule has 0 saturated carbocycles. The number of rotatable bonds is 6. The van der Waals surface area contributed by atoms with Gasteiger partial charge >= 0.3 is 5.97 Å². The van der Waals surface area contributed by atoms with Gasteiger partial charge in [-0.1, -0.05) is 29.5 Å². The molecule has 9 heteroatoms. The summed E-state index contributed by atoms with van der Waals surface area (Å²) < 4.78 is 6.30.